The molecule has 2 nitrogen and oxygen atoms in total. The van der Waals surface area contributed by atoms with Crippen LogP contribution in [0.1, 0.15) is 36.2 Å². The average Bonchev–Trinajstić information content (AvgIpc) is 2.08. The summed E-state index contributed by atoms with van der Waals surface area (Å²) in [4.78, 5) is 11.7. The zero-order valence-corrected chi connectivity index (χ0v) is 9.00. The van der Waals surface area contributed by atoms with E-state index >= 15 is 0 Å². The van der Waals surface area contributed by atoms with Crippen LogP contribution in [-0.2, 0) is 0 Å². The first-order valence-electron chi connectivity index (χ1n) is 4.90. The van der Waals surface area contributed by atoms with Crippen LogP contribution >= 0.6 is 0 Å². The zero-order valence-electron chi connectivity index (χ0n) is 9.00. The van der Waals surface area contributed by atoms with Crippen LogP contribution in [0.5, 0.6) is 0 Å². The summed E-state index contributed by atoms with van der Waals surface area (Å²) in [5.41, 5.74) is 8.17. The number of hydrogen-bond acceptors (Lipinski definition) is 2. The summed E-state index contributed by atoms with van der Waals surface area (Å²) in [6.45, 7) is 6.01. The fourth-order valence-corrected chi connectivity index (χ4v) is 1.30. The number of carbonyl (C=O) groups excluding carboxylic acids is 1. The van der Waals surface area contributed by atoms with Crippen molar-refractivity contribution in [1.82, 2.24) is 0 Å². The first kappa shape index (κ1) is 10.8. The molecule has 0 aliphatic rings. The molecule has 0 unspecified atom stereocenters. The molecule has 0 saturated carbocycles. The molecule has 0 fully saturated rings. The van der Waals surface area contributed by atoms with E-state index in [-0.39, 0.29) is 5.78 Å². The van der Waals surface area contributed by atoms with E-state index in [9.17, 15) is 4.79 Å². The minimum Gasteiger partial charge on any atom is -0.398 e. The molecule has 0 saturated heterocycles. The first-order valence-corrected chi connectivity index (χ1v) is 4.90. The van der Waals surface area contributed by atoms with E-state index in [2.05, 4.69) is 0 Å². The Bertz CT molecular complexity index is 342. The van der Waals surface area contributed by atoms with Gasteiger partial charge in [0.2, 0.25) is 0 Å². The fraction of sp³-hybridized carbons (Fsp3) is 0.417. The van der Waals surface area contributed by atoms with Crippen LogP contribution in [0.4, 0.5) is 5.69 Å². The number of nitrogen functional groups attached to an aromatic ring is 1. The summed E-state index contributed by atoms with van der Waals surface area (Å²) in [5, 5.41) is 0. The van der Waals surface area contributed by atoms with Gasteiger partial charge in [0, 0.05) is 17.7 Å². The van der Waals surface area contributed by atoms with Gasteiger partial charge in [-0.2, -0.15) is 0 Å². The number of ketones is 1. The highest BCUT2D eigenvalue weighted by Crippen LogP contribution is 2.15. The normalized spacial score (nSPS) is 10.6. The summed E-state index contributed by atoms with van der Waals surface area (Å²) in [5.74, 6) is 0.566. The largest absolute Gasteiger partial charge is 0.398 e. The quantitative estimate of drug-likeness (QED) is 0.589. The van der Waals surface area contributed by atoms with Crippen LogP contribution < -0.4 is 5.73 Å². The van der Waals surface area contributed by atoms with Gasteiger partial charge in [0.25, 0.3) is 0 Å². The molecular formula is C12H17NO. The Balaban J connectivity index is 2.86. The molecule has 0 spiro atoms. The van der Waals surface area contributed by atoms with Gasteiger partial charge in [-0.05, 0) is 24.5 Å². The predicted octanol–water partition coefficient (Wildman–Crippen LogP) is 2.81. The van der Waals surface area contributed by atoms with E-state index < -0.39 is 0 Å². The molecule has 1 aromatic rings. The molecule has 0 atom stereocenters. The lowest BCUT2D eigenvalue weighted by Crippen LogP contribution is -2.04. The van der Waals surface area contributed by atoms with Gasteiger partial charge in [-0.3, -0.25) is 4.79 Å². The van der Waals surface area contributed by atoms with Crippen molar-refractivity contribution >= 4 is 11.5 Å². The van der Waals surface area contributed by atoms with Crippen LogP contribution in [0.2, 0.25) is 0 Å². The van der Waals surface area contributed by atoms with Crippen molar-refractivity contribution in [2.75, 3.05) is 5.73 Å². The van der Waals surface area contributed by atoms with Crippen molar-refractivity contribution in [2.45, 2.75) is 27.2 Å². The lowest BCUT2D eigenvalue weighted by atomic mass is 10.00. The highest BCUT2D eigenvalue weighted by atomic mass is 16.1. The Morgan fingerprint density at radius 2 is 2.07 bits per heavy atom. The van der Waals surface area contributed by atoms with Gasteiger partial charge in [0.15, 0.2) is 5.78 Å². The fourth-order valence-electron chi connectivity index (χ4n) is 1.30. The molecule has 2 N–H and O–H groups in total. The van der Waals surface area contributed by atoms with Crippen molar-refractivity contribution in [1.29, 1.82) is 0 Å². The predicted molar refractivity (Wildman–Crippen MR) is 59.4 cm³/mol. The third-order valence-corrected chi connectivity index (χ3v) is 2.19. The third-order valence-electron chi connectivity index (χ3n) is 2.19. The molecule has 1 rings (SSSR count). The van der Waals surface area contributed by atoms with Crippen LogP contribution in [0, 0.1) is 12.8 Å². The maximum absolute atomic E-state index is 11.7. The van der Waals surface area contributed by atoms with Gasteiger partial charge in [0.1, 0.15) is 0 Å². The van der Waals surface area contributed by atoms with E-state index in [1.165, 1.54) is 0 Å². The average molecular weight is 191 g/mol. The van der Waals surface area contributed by atoms with E-state index in [1.807, 2.05) is 32.9 Å². The van der Waals surface area contributed by atoms with E-state index in [0.717, 1.165) is 11.1 Å². The molecule has 1 aromatic carbocycles. The molecule has 0 heterocycles. The number of hydrogen-bond donors (Lipinski definition) is 1. The monoisotopic (exact) mass is 191 g/mol. The number of nitrogens with two attached hydrogens (primary N) is 1. The van der Waals surface area contributed by atoms with Gasteiger partial charge >= 0.3 is 0 Å². The second kappa shape index (κ2) is 4.27. The van der Waals surface area contributed by atoms with Gasteiger partial charge in [-0.15, -0.1) is 0 Å². The van der Waals surface area contributed by atoms with Crippen molar-refractivity contribution in [3.05, 3.63) is 29.3 Å². The Labute approximate surface area is 85.1 Å². The van der Waals surface area contributed by atoms with Gasteiger partial charge < -0.3 is 5.73 Å². The molecule has 2 heteroatoms. The van der Waals surface area contributed by atoms with Crippen molar-refractivity contribution in [3.63, 3.8) is 0 Å². The molecular weight excluding hydrogens is 174 g/mol. The Morgan fingerprint density at radius 3 is 2.57 bits per heavy atom. The maximum atomic E-state index is 11.7. The van der Waals surface area contributed by atoms with Crippen LogP contribution in [0.3, 0.4) is 0 Å². The molecule has 76 valence electrons. The van der Waals surface area contributed by atoms with Crippen molar-refractivity contribution in [3.8, 4) is 0 Å². The van der Waals surface area contributed by atoms with E-state index in [1.54, 1.807) is 6.07 Å². The highest BCUT2D eigenvalue weighted by molar-refractivity contribution is 5.97. The summed E-state index contributed by atoms with van der Waals surface area (Å²) in [6, 6.07) is 5.50. The van der Waals surface area contributed by atoms with Crippen molar-refractivity contribution in [2.24, 2.45) is 5.92 Å². The summed E-state index contributed by atoms with van der Waals surface area (Å²) in [7, 11) is 0. The SMILES string of the molecule is Cc1ccc(C(=O)CC(C)C)cc1N. The zero-order chi connectivity index (χ0) is 10.7. The van der Waals surface area contributed by atoms with Crippen LogP contribution in [0.25, 0.3) is 0 Å². The minimum absolute atomic E-state index is 0.173. The summed E-state index contributed by atoms with van der Waals surface area (Å²) in [6.07, 6.45) is 0.586. The minimum atomic E-state index is 0.173. The molecule has 0 aromatic heterocycles. The van der Waals surface area contributed by atoms with Gasteiger partial charge in [-0.1, -0.05) is 26.0 Å². The number of benzene rings is 1. The Morgan fingerprint density at radius 1 is 1.43 bits per heavy atom. The highest BCUT2D eigenvalue weighted by Gasteiger charge is 2.08. The molecule has 0 amide bonds. The number of carbonyl (C=O) groups is 1. The smallest absolute Gasteiger partial charge is 0.163 e. The molecule has 14 heavy (non-hydrogen) atoms. The molecule has 0 aliphatic heterocycles. The topological polar surface area (TPSA) is 43.1 Å². The second-order valence-electron chi connectivity index (χ2n) is 4.09. The molecule has 0 aliphatic carbocycles. The van der Waals surface area contributed by atoms with Gasteiger partial charge in [-0.25, -0.2) is 0 Å². The lowest BCUT2D eigenvalue weighted by Gasteiger charge is -2.06. The van der Waals surface area contributed by atoms with Gasteiger partial charge in [0.05, 0.1) is 0 Å². The Kier molecular flexibility index (Phi) is 3.28. The standard InChI is InChI=1S/C12H17NO/c1-8(2)6-12(14)10-5-4-9(3)11(13)7-10/h4-5,7-8H,6,13H2,1-3H3. The number of rotatable bonds is 3. The lowest BCUT2D eigenvalue weighted by molar-refractivity contribution is 0.0968. The van der Waals surface area contributed by atoms with Crippen LogP contribution in [0.15, 0.2) is 18.2 Å². The number of aryl methyl sites for hydroxylation is 1. The van der Waals surface area contributed by atoms with Crippen molar-refractivity contribution < 1.29 is 4.79 Å². The number of Topliss-reactive ketones (excluding diaryl/α,β-unsaturated/α-hetero) is 1. The molecule has 0 radical (unpaired) electrons. The number of anilines is 1. The van der Waals surface area contributed by atoms with Crippen LogP contribution in [-0.4, -0.2) is 5.78 Å². The first-order chi connectivity index (χ1) is 6.50. The second-order valence-corrected chi connectivity index (χ2v) is 4.09. The maximum Gasteiger partial charge on any atom is 0.163 e. The molecule has 0 bridgehead atoms. The summed E-state index contributed by atoms with van der Waals surface area (Å²) < 4.78 is 0. The van der Waals surface area contributed by atoms with E-state index in [0.29, 0.717) is 18.0 Å². The Hall–Kier alpha value is -1.31. The third kappa shape index (κ3) is 2.59. The summed E-state index contributed by atoms with van der Waals surface area (Å²) >= 11 is 0. The van der Waals surface area contributed by atoms with E-state index in [4.69, 9.17) is 5.73 Å².